The third-order valence-electron chi connectivity index (χ3n) is 4.63. The van der Waals surface area contributed by atoms with Gasteiger partial charge in [0.1, 0.15) is 5.66 Å². The van der Waals surface area contributed by atoms with Gasteiger partial charge in [-0.1, -0.05) is 72.3 Å². The molecule has 0 unspecified atom stereocenters. The summed E-state index contributed by atoms with van der Waals surface area (Å²) in [5.41, 5.74) is 4.35. The van der Waals surface area contributed by atoms with Gasteiger partial charge in [-0.15, -0.1) is 0 Å². The first kappa shape index (κ1) is 15.3. The van der Waals surface area contributed by atoms with E-state index in [1.54, 1.807) is 0 Å². The van der Waals surface area contributed by atoms with Crippen LogP contribution in [0.1, 0.15) is 29.7 Å². The molecule has 4 rings (SSSR count). The minimum atomic E-state index is -0.359. The molecule has 0 saturated heterocycles. The van der Waals surface area contributed by atoms with Gasteiger partial charge < -0.3 is 5.32 Å². The smallest absolute Gasteiger partial charge is 0.112 e. The molecule has 0 aromatic heterocycles. The van der Waals surface area contributed by atoms with E-state index in [-0.39, 0.29) is 11.7 Å². The molecule has 24 heavy (non-hydrogen) atoms. The van der Waals surface area contributed by atoms with Crippen LogP contribution >= 0.6 is 11.6 Å². The standard InChI is InChI=1S/C21H19ClN2/c1-21(16-10-6-3-7-11-16)23-19-13-12-17(22)14-18(19)20(24-21)15-8-4-2-5-9-15/h2-14,20,23-24H,1H3/t20-,21+/m0/s1. The van der Waals surface area contributed by atoms with Crippen LogP contribution in [0.25, 0.3) is 0 Å². The van der Waals surface area contributed by atoms with E-state index in [2.05, 4.69) is 72.2 Å². The van der Waals surface area contributed by atoms with Crippen LogP contribution in [-0.2, 0) is 5.66 Å². The molecule has 0 fully saturated rings. The fraction of sp³-hybridized carbons (Fsp3) is 0.143. The van der Waals surface area contributed by atoms with Crippen LogP contribution in [0, 0.1) is 0 Å². The van der Waals surface area contributed by atoms with Crippen molar-refractivity contribution in [3.05, 3.63) is 101 Å². The van der Waals surface area contributed by atoms with E-state index in [1.165, 1.54) is 16.7 Å². The van der Waals surface area contributed by atoms with Gasteiger partial charge in [0, 0.05) is 10.7 Å². The van der Waals surface area contributed by atoms with Crippen LogP contribution in [0.4, 0.5) is 5.69 Å². The second-order valence-electron chi connectivity index (χ2n) is 6.34. The molecule has 1 heterocycles. The number of hydrogen-bond donors (Lipinski definition) is 2. The van der Waals surface area contributed by atoms with E-state index in [0.29, 0.717) is 0 Å². The molecule has 1 aliphatic rings. The number of fused-ring (bicyclic) bond motifs is 1. The topological polar surface area (TPSA) is 24.1 Å². The Morgan fingerprint density at radius 3 is 2.25 bits per heavy atom. The van der Waals surface area contributed by atoms with Gasteiger partial charge in [-0.25, -0.2) is 0 Å². The Morgan fingerprint density at radius 1 is 0.875 bits per heavy atom. The maximum absolute atomic E-state index is 6.26. The van der Waals surface area contributed by atoms with Gasteiger partial charge in [0.05, 0.1) is 6.04 Å². The van der Waals surface area contributed by atoms with Crippen molar-refractivity contribution in [1.29, 1.82) is 0 Å². The quantitative estimate of drug-likeness (QED) is 0.663. The molecular formula is C21H19ClN2. The zero-order valence-electron chi connectivity index (χ0n) is 13.5. The summed E-state index contributed by atoms with van der Waals surface area (Å²) in [6, 6.07) is 27.1. The summed E-state index contributed by atoms with van der Waals surface area (Å²) in [7, 11) is 0. The summed E-state index contributed by atoms with van der Waals surface area (Å²) >= 11 is 6.26. The van der Waals surface area contributed by atoms with Gasteiger partial charge in [0.2, 0.25) is 0 Å². The Hall–Kier alpha value is -2.29. The molecule has 2 N–H and O–H groups in total. The maximum atomic E-state index is 6.26. The van der Waals surface area contributed by atoms with E-state index >= 15 is 0 Å². The molecule has 2 atom stereocenters. The van der Waals surface area contributed by atoms with Crippen molar-refractivity contribution >= 4 is 17.3 Å². The molecule has 0 spiro atoms. The van der Waals surface area contributed by atoms with Crippen LogP contribution in [0.15, 0.2) is 78.9 Å². The largest absolute Gasteiger partial charge is 0.363 e. The fourth-order valence-corrected chi connectivity index (χ4v) is 3.57. The fourth-order valence-electron chi connectivity index (χ4n) is 3.39. The average Bonchev–Trinajstić information content (AvgIpc) is 2.63. The van der Waals surface area contributed by atoms with Crippen molar-refractivity contribution in [2.75, 3.05) is 5.32 Å². The van der Waals surface area contributed by atoms with Crippen molar-refractivity contribution < 1.29 is 0 Å². The lowest BCUT2D eigenvalue weighted by Gasteiger charge is -2.43. The lowest BCUT2D eigenvalue weighted by Crippen LogP contribution is -2.51. The molecule has 0 radical (unpaired) electrons. The molecule has 3 aromatic carbocycles. The predicted molar refractivity (Wildman–Crippen MR) is 100 cm³/mol. The third kappa shape index (κ3) is 2.68. The zero-order chi connectivity index (χ0) is 16.6. The van der Waals surface area contributed by atoms with Crippen molar-refractivity contribution in [2.24, 2.45) is 0 Å². The number of rotatable bonds is 2. The van der Waals surface area contributed by atoms with Gasteiger partial charge in [0.25, 0.3) is 0 Å². The Labute approximate surface area is 147 Å². The summed E-state index contributed by atoms with van der Waals surface area (Å²) in [4.78, 5) is 0. The Bertz CT molecular complexity index is 848. The number of hydrogen-bond acceptors (Lipinski definition) is 2. The lowest BCUT2D eigenvalue weighted by molar-refractivity contribution is 0.367. The van der Waals surface area contributed by atoms with Crippen molar-refractivity contribution in [1.82, 2.24) is 5.32 Å². The summed E-state index contributed by atoms with van der Waals surface area (Å²) in [6.07, 6.45) is 0. The highest BCUT2D eigenvalue weighted by atomic mass is 35.5. The number of halogens is 1. The summed E-state index contributed by atoms with van der Waals surface area (Å²) in [5.74, 6) is 0. The molecule has 0 aliphatic carbocycles. The predicted octanol–water partition coefficient (Wildman–Crippen LogP) is 5.32. The summed E-state index contributed by atoms with van der Waals surface area (Å²) < 4.78 is 0. The first-order valence-corrected chi connectivity index (χ1v) is 8.49. The molecule has 3 heteroatoms. The molecule has 0 saturated carbocycles. The van der Waals surface area contributed by atoms with Crippen LogP contribution in [0.5, 0.6) is 0 Å². The third-order valence-corrected chi connectivity index (χ3v) is 4.86. The van der Waals surface area contributed by atoms with Gasteiger partial charge >= 0.3 is 0 Å². The van der Waals surface area contributed by atoms with E-state index in [0.717, 1.165) is 10.7 Å². The van der Waals surface area contributed by atoms with Crippen LogP contribution in [0.2, 0.25) is 5.02 Å². The van der Waals surface area contributed by atoms with Gasteiger partial charge in [-0.3, -0.25) is 5.32 Å². The molecular weight excluding hydrogens is 316 g/mol. The van der Waals surface area contributed by atoms with E-state index in [1.807, 2.05) is 24.3 Å². The Morgan fingerprint density at radius 2 is 1.54 bits per heavy atom. The highest BCUT2D eigenvalue weighted by Crippen LogP contribution is 2.40. The molecule has 0 amide bonds. The van der Waals surface area contributed by atoms with Gasteiger partial charge in [-0.2, -0.15) is 0 Å². The molecule has 120 valence electrons. The number of nitrogens with one attached hydrogen (secondary N) is 2. The van der Waals surface area contributed by atoms with Crippen LogP contribution in [-0.4, -0.2) is 0 Å². The second kappa shape index (κ2) is 5.97. The summed E-state index contributed by atoms with van der Waals surface area (Å²) in [6.45, 7) is 2.18. The summed E-state index contributed by atoms with van der Waals surface area (Å²) in [5, 5.41) is 8.17. The second-order valence-corrected chi connectivity index (χ2v) is 6.77. The van der Waals surface area contributed by atoms with Gasteiger partial charge in [-0.05, 0) is 41.8 Å². The monoisotopic (exact) mass is 334 g/mol. The molecule has 1 aliphatic heterocycles. The highest BCUT2D eigenvalue weighted by molar-refractivity contribution is 6.30. The Kier molecular flexibility index (Phi) is 3.79. The highest BCUT2D eigenvalue weighted by Gasteiger charge is 2.36. The minimum absolute atomic E-state index is 0.0753. The van der Waals surface area contributed by atoms with Crippen LogP contribution in [0.3, 0.4) is 0 Å². The molecule has 3 aromatic rings. The van der Waals surface area contributed by atoms with E-state index in [9.17, 15) is 0 Å². The lowest BCUT2D eigenvalue weighted by atomic mass is 9.89. The van der Waals surface area contributed by atoms with E-state index in [4.69, 9.17) is 11.6 Å². The molecule has 2 nitrogen and oxygen atoms in total. The number of benzene rings is 3. The van der Waals surface area contributed by atoms with Gasteiger partial charge in [0.15, 0.2) is 0 Å². The zero-order valence-corrected chi connectivity index (χ0v) is 14.2. The maximum Gasteiger partial charge on any atom is 0.112 e. The number of anilines is 1. The van der Waals surface area contributed by atoms with Crippen molar-refractivity contribution in [3.63, 3.8) is 0 Å². The normalized spacial score (nSPS) is 22.5. The SMILES string of the molecule is C[C@@]1(c2ccccc2)Nc2ccc(Cl)cc2[C@H](c2ccccc2)N1. The van der Waals surface area contributed by atoms with E-state index < -0.39 is 0 Å². The first-order chi connectivity index (χ1) is 11.7. The van der Waals surface area contributed by atoms with Crippen LogP contribution < -0.4 is 10.6 Å². The average molecular weight is 335 g/mol. The van der Waals surface area contributed by atoms with Crippen molar-refractivity contribution in [3.8, 4) is 0 Å². The first-order valence-electron chi connectivity index (χ1n) is 8.11. The Balaban J connectivity index is 1.85. The minimum Gasteiger partial charge on any atom is -0.363 e. The molecule has 0 bridgehead atoms. The van der Waals surface area contributed by atoms with Crippen molar-refractivity contribution in [2.45, 2.75) is 18.6 Å².